The number of carbonyl (C=O) groups excluding carboxylic acids is 1. The van der Waals surface area contributed by atoms with E-state index in [0.717, 1.165) is 37.0 Å². The first-order chi connectivity index (χ1) is 9.22. The van der Waals surface area contributed by atoms with Gasteiger partial charge >= 0.3 is 5.97 Å². The topological polar surface area (TPSA) is 35.5 Å². The van der Waals surface area contributed by atoms with Gasteiger partial charge in [0.05, 0.1) is 13.0 Å². The van der Waals surface area contributed by atoms with Crippen LogP contribution in [0.25, 0.3) is 0 Å². The minimum atomic E-state index is -0.277. The molecule has 3 nitrogen and oxygen atoms in total. The van der Waals surface area contributed by atoms with Crippen LogP contribution >= 0.6 is 0 Å². The maximum absolute atomic E-state index is 13.2. The molecule has 1 fully saturated rings. The molecule has 3 rings (SSSR count). The summed E-state index contributed by atoms with van der Waals surface area (Å²) in [5.41, 5.74) is 1.92. The number of hydrogen-bond donors (Lipinski definition) is 0. The van der Waals surface area contributed by atoms with Gasteiger partial charge in [0.25, 0.3) is 0 Å². The van der Waals surface area contributed by atoms with Gasteiger partial charge in [0.15, 0.2) is 0 Å². The number of aryl methyl sites for hydroxylation is 1. The molecule has 2 atom stereocenters. The Labute approximate surface area is 111 Å². The highest BCUT2D eigenvalue weighted by atomic mass is 19.1. The zero-order valence-corrected chi connectivity index (χ0v) is 10.7. The molecule has 0 unspecified atom stereocenters. The first-order valence-corrected chi connectivity index (χ1v) is 6.78. The van der Waals surface area contributed by atoms with E-state index in [1.54, 1.807) is 6.07 Å². The van der Waals surface area contributed by atoms with Crippen LogP contribution in [0, 0.1) is 11.7 Å². The van der Waals surface area contributed by atoms with Crippen molar-refractivity contribution < 1.29 is 18.7 Å². The molecule has 0 aromatic heterocycles. The summed E-state index contributed by atoms with van der Waals surface area (Å²) in [4.78, 5) is 11.9. The second kappa shape index (κ2) is 5.29. The van der Waals surface area contributed by atoms with Crippen LogP contribution in [0.1, 0.15) is 36.5 Å². The standard InChI is InChI=1S/C15H17FO3/c16-12-3-1-11-2-4-14(13(11)8-12)19-15(17)7-10-5-6-18-9-10/h1,3,8,10,14H,2,4-7,9H2/t10-,14+/m1/s1. The van der Waals surface area contributed by atoms with Crippen LogP contribution in [0.15, 0.2) is 18.2 Å². The molecule has 1 aromatic rings. The fourth-order valence-corrected chi connectivity index (χ4v) is 2.84. The molecule has 1 heterocycles. The maximum atomic E-state index is 13.2. The van der Waals surface area contributed by atoms with Gasteiger partial charge in [-0.25, -0.2) is 4.39 Å². The number of carbonyl (C=O) groups is 1. The van der Waals surface area contributed by atoms with E-state index >= 15 is 0 Å². The zero-order valence-electron chi connectivity index (χ0n) is 10.7. The Kier molecular flexibility index (Phi) is 3.51. The fraction of sp³-hybridized carbons (Fsp3) is 0.533. The quantitative estimate of drug-likeness (QED) is 0.787. The van der Waals surface area contributed by atoms with E-state index in [4.69, 9.17) is 9.47 Å². The van der Waals surface area contributed by atoms with E-state index in [9.17, 15) is 9.18 Å². The van der Waals surface area contributed by atoms with Crippen LogP contribution in [-0.4, -0.2) is 19.2 Å². The molecule has 1 aromatic carbocycles. The Bertz CT molecular complexity index is 480. The lowest BCUT2D eigenvalue weighted by Gasteiger charge is -2.15. The Hall–Kier alpha value is -1.42. The molecule has 1 saturated heterocycles. The summed E-state index contributed by atoms with van der Waals surface area (Å²) in [5.74, 6) is -0.190. The molecule has 0 saturated carbocycles. The number of esters is 1. The van der Waals surface area contributed by atoms with Crippen molar-refractivity contribution in [2.24, 2.45) is 5.92 Å². The Balaban J connectivity index is 1.62. The van der Waals surface area contributed by atoms with Crippen molar-refractivity contribution >= 4 is 5.97 Å². The monoisotopic (exact) mass is 264 g/mol. The Morgan fingerprint density at radius 2 is 2.32 bits per heavy atom. The number of ether oxygens (including phenoxy) is 2. The smallest absolute Gasteiger partial charge is 0.306 e. The first-order valence-electron chi connectivity index (χ1n) is 6.78. The van der Waals surface area contributed by atoms with Crippen molar-refractivity contribution in [1.82, 2.24) is 0 Å². The van der Waals surface area contributed by atoms with Crippen molar-refractivity contribution in [3.8, 4) is 0 Å². The van der Waals surface area contributed by atoms with Gasteiger partial charge in [-0.15, -0.1) is 0 Å². The lowest BCUT2D eigenvalue weighted by molar-refractivity contribution is -0.150. The van der Waals surface area contributed by atoms with E-state index in [-0.39, 0.29) is 23.8 Å². The van der Waals surface area contributed by atoms with Gasteiger partial charge in [0, 0.05) is 6.61 Å². The maximum Gasteiger partial charge on any atom is 0.306 e. The molecule has 1 aliphatic heterocycles. The molecule has 1 aliphatic carbocycles. The number of rotatable bonds is 3. The van der Waals surface area contributed by atoms with Gasteiger partial charge in [-0.05, 0) is 48.4 Å². The Morgan fingerprint density at radius 1 is 1.42 bits per heavy atom. The molecular formula is C15H17FO3. The van der Waals surface area contributed by atoms with Crippen LogP contribution in [0.3, 0.4) is 0 Å². The minimum absolute atomic E-state index is 0.197. The lowest BCUT2D eigenvalue weighted by Crippen LogP contribution is -2.14. The molecule has 102 valence electrons. The Morgan fingerprint density at radius 3 is 3.11 bits per heavy atom. The van der Waals surface area contributed by atoms with E-state index in [1.807, 2.05) is 0 Å². The number of benzene rings is 1. The van der Waals surface area contributed by atoms with Crippen molar-refractivity contribution in [3.63, 3.8) is 0 Å². The normalized spacial score (nSPS) is 25.3. The van der Waals surface area contributed by atoms with Crippen molar-refractivity contribution in [1.29, 1.82) is 0 Å². The fourth-order valence-electron chi connectivity index (χ4n) is 2.84. The summed E-state index contributed by atoms with van der Waals surface area (Å²) in [6.45, 7) is 1.38. The summed E-state index contributed by atoms with van der Waals surface area (Å²) in [6.07, 6.45) is 2.65. The second-order valence-corrected chi connectivity index (χ2v) is 5.29. The highest BCUT2D eigenvalue weighted by molar-refractivity contribution is 5.70. The number of halogens is 1. The first kappa shape index (κ1) is 12.6. The van der Waals surface area contributed by atoms with Crippen LogP contribution < -0.4 is 0 Å². The zero-order chi connectivity index (χ0) is 13.2. The average Bonchev–Trinajstić information content (AvgIpc) is 3.00. The van der Waals surface area contributed by atoms with Crippen LogP contribution in [0.2, 0.25) is 0 Å². The van der Waals surface area contributed by atoms with Gasteiger partial charge in [-0.3, -0.25) is 4.79 Å². The third-order valence-corrected chi connectivity index (χ3v) is 3.88. The largest absolute Gasteiger partial charge is 0.457 e. The van der Waals surface area contributed by atoms with E-state index < -0.39 is 0 Å². The third-order valence-electron chi connectivity index (χ3n) is 3.88. The predicted molar refractivity (Wildman–Crippen MR) is 67.1 cm³/mol. The molecule has 0 spiro atoms. The second-order valence-electron chi connectivity index (χ2n) is 5.29. The summed E-state index contributed by atoms with van der Waals surface area (Å²) in [7, 11) is 0. The van der Waals surface area contributed by atoms with E-state index in [0.29, 0.717) is 13.0 Å². The summed E-state index contributed by atoms with van der Waals surface area (Å²) < 4.78 is 24.0. The molecule has 4 heteroatoms. The van der Waals surface area contributed by atoms with Gasteiger partial charge in [-0.2, -0.15) is 0 Å². The van der Waals surface area contributed by atoms with Crippen molar-refractivity contribution in [2.45, 2.75) is 31.8 Å². The average molecular weight is 264 g/mol. The molecule has 0 bridgehead atoms. The summed E-state index contributed by atoms with van der Waals surface area (Å²) in [5, 5.41) is 0. The number of fused-ring (bicyclic) bond motifs is 1. The van der Waals surface area contributed by atoms with Crippen LogP contribution in [0.5, 0.6) is 0 Å². The van der Waals surface area contributed by atoms with Gasteiger partial charge in [-0.1, -0.05) is 6.07 Å². The van der Waals surface area contributed by atoms with Crippen LogP contribution in [0.4, 0.5) is 4.39 Å². The van der Waals surface area contributed by atoms with Crippen LogP contribution in [-0.2, 0) is 20.7 Å². The highest BCUT2D eigenvalue weighted by Crippen LogP contribution is 2.35. The number of hydrogen-bond acceptors (Lipinski definition) is 3. The summed E-state index contributed by atoms with van der Waals surface area (Å²) >= 11 is 0. The highest BCUT2D eigenvalue weighted by Gasteiger charge is 2.28. The predicted octanol–water partition coefficient (Wildman–Crippen LogP) is 2.78. The summed E-state index contributed by atoms with van der Waals surface area (Å²) in [6, 6.07) is 4.72. The molecule has 19 heavy (non-hydrogen) atoms. The van der Waals surface area contributed by atoms with Gasteiger partial charge < -0.3 is 9.47 Å². The van der Waals surface area contributed by atoms with E-state index in [1.165, 1.54) is 12.1 Å². The molecule has 0 amide bonds. The lowest BCUT2D eigenvalue weighted by atomic mass is 10.1. The molecule has 0 radical (unpaired) electrons. The third kappa shape index (κ3) is 2.78. The SMILES string of the molecule is O=C(C[C@H]1CCOC1)O[C@H]1CCc2ccc(F)cc21. The molecule has 2 aliphatic rings. The minimum Gasteiger partial charge on any atom is -0.457 e. The molecule has 0 N–H and O–H groups in total. The van der Waals surface area contributed by atoms with Crippen molar-refractivity contribution in [3.05, 3.63) is 35.1 Å². The van der Waals surface area contributed by atoms with Gasteiger partial charge in [0.1, 0.15) is 11.9 Å². The van der Waals surface area contributed by atoms with Crippen molar-refractivity contribution in [2.75, 3.05) is 13.2 Å². The molecular weight excluding hydrogens is 247 g/mol. The van der Waals surface area contributed by atoms with Gasteiger partial charge in [0.2, 0.25) is 0 Å². The van der Waals surface area contributed by atoms with E-state index in [2.05, 4.69) is 0 Å².